The summed E-state index contributed by atoms with van der Waals surface area (Å²) in [4.78, 5) is 42.7. The van der Waals surface area contributed by atoms with Crippen LogP contribution in [-0.4, -0.2) is 67.7 Å². The minimum Gasteiger partial charge on any atom is -0.480 e. The molecule has 0 spiro atoms. The summed E-state index contributed by atoms with van der Waals surface area (Å²) in [5, 5.41) is 10.8. The number of fused-ring (bicyclic) bond motifs is 1. The second-order valence-corrected chi connectivity index (χ2v) is 11.4. The highest BCUT2D eigenvalue weighted by atomic mass is 32.2. The first-order chi connectivity index (χ1) is 19.0. The highest BCUT2D eigenvalue weighted by molar-refractivity contribution is 7.89. The lowest BCUT2D eigenvalue weighted by Gasteiger charge is -2.27. The van der Waals surface area contributed by atoms with Crippen molar-refractivity contribution >= 4 is 44.4 Å². The first kappa shape index (κ1) is 28.9. The van der Waals surface area contributed by atoms with E-state index < -0.39 is 34.5 Å². The van der Waals surface area contributed by atoms with Crippen molar-refractivity contribution in [3.63, 3.8) is 0 Å². The van der Waals surface area contributed by atoms with Crippen LogP contribution in [0.1, 0.15) is 40.7 Å². The number of amidine groups is 1. The van der Waals surface area contributed by atoms with Crippen LogP contribution < -0.4 is 16.2 Å². The first-order valence-corrected chi connectivity index (χ1v) is 14.3. The zero-order valence-electron chi connectivity index (χ0n) is 21.7. The van der Waals surface area contributed by atoms with E-state index in [1.54, 1.807) is 29.2 Å². The molecule has 1 fully saturated rings. The maximum atomic E-state index is 13.3. The summed E-state index contributed by atoms with van der Waals surface area (Å²) in [5.41, 5.74) is 12.7. The molecular formula is C28H31N5O6S. The van der Waals surface area contributed by atoms with E-state index in [1.807, 2.05) is 12.1 Å². The zero-order valence-corrected chi connectivity index (χ0v) is 22.6. The van der Waals surface area contributed by atoms with Crippen molar-refractivity contribution in [3.8, 4) is 0 Å². The summed E-state index contributed by atoms with van der Waals surface area (Å²) in [6.45, 7) is 0.502. The zero-order chi connectivity index (χ0) is 28.9. The monoisotopic (exact) mass is 565 g/mol. The maximum Gasteiger partial charge on any atom is 0.320 e. The number of carboxylic acids is 1. The fourth-order valence-electron chi connectivity index (χ4n) is 4.53. The topological polar surface area (TPSA) is 185 Å². The summed E-state index contributed by atoms with van der Waals surface area (Å²) in [6, 6.07) is 15.3. The number of hydrogen-bond donors (Lipinski definition) is 4. The Kier molecular flexibility index (Phi) is 8.93. The molecule has 11 nitrogen and oxygen atoms in total. The van der Waals surface area contributed by atoms with Crippen LogP contribution >= 0.6 is 0 Å². The molecule has 1 aliphatic heterocycles. The molecule has 0 saturated carbocycles. The normalized spacial score (nSPS) is 15.1. The molecule has 0 aromatic heterocycles. The number of carbonyl (C=O) groups is 3. The number of rotatable bonds is 9. The molecule has 3 aromatic carbocycles. The van der Waals surface area contributed by atoms with Crippen LogP contribution in [-0.2, 0) is 26.0 Å². The Morgan fingerprint density at radius 2 is 1.65 bits per heavy atom. The van der Waals surface area contributed by atoms with E-state index >= 15 is 0 Å². The standard InChI is InChI=1S/C28H31N5O6S/c29-24(28(36)37)15-18-8-11-22(27(35)33-12-4-1-5-13-33)23(14-18)26(30)32-25(34)17-31-40(38,39)21-10-9-19-6-2-3-7-20(19)16-21/h2-3,6-11,14,16,24,31H,1,4-5,12-13,15,17,29H2,(H,36,37)(H2,30,32,34)/t24-/m0/s1. The van der Waals surface area contributed by atoms with Gasteiger partial charge in [-0.15, -0.1) is 0 Å². The molecule has 0 unspecified atom stereocenters. The summed E-state index contributed by atoms with van der Waals surface area (Å²) in [6.07, 6.45) is 2.72. The van der Waals surface area contributed by atoms with Crippen molar-refractivity contribution in [2.45, 2.75) is 36.6 Å². The third kappa shape index (κ3) is 6.89. The van der Waals surface area contributed by atoms with Crippen molar-refractivity contribution < 1.29 is 27.9 Å². The average molecular weight is 566 g/mol. The molecule has 1 saturated heterocycles. The number of aliphatic carboxylic acids is 1. The van der Waals surface area contributed by atoms with Gasteiger partial charge in [-0.3, -0.25) is 14.4 Å². The molecular weight excluding hydrogens is 534 g/mol. The Balaban J connectivity index is 1.56. The number of amides is 2. The van der Waals surface area contributed by atoms with Crippen LogP contribution in [0.25, 0.3) is 10.8 Å². The van der Waals surface area contributed by atoms with Crippen LogP contribution in [0.4, 0.5) is 0 Å². The Morgan fingerprint density at radius 1 is 0.950 bits per heavy atom. The number of hydrogen-bond acceptors (Lipinski definition) is 6. The Bertz CT molecular complexity index is 1580. The van der Waals surface area contributed by atoms with Crippen LogP contribution in [0.15, 0.2) is 70.6 Å². The van der Waals surface area contributed by atoms with E-state index in [9.17, 15) is 27.9 Å². The summed E-state index contributed by atoms with van der Waals surface area (Å²) in [5.74, 6) is -2.64. The molecule has 1 heterocycles. The van der Waals surface area contributed by atoms with Gasteiger partial charge in [-0.2, -0.15) is 4.99 Å². The van der Waals surface area contributed by atoms with E-state index in [0.29, 0.717) is 18.7 Å². The highest BCUT2D eigenvalue weighted by Crippen LogP contribution is 2.20. The van der Waals surface area contributed by atoms with Gasteiger partial charge in [0.2, 0.25) is 10.0 Å². The van der Waals surface area contributed by atoms with Gasteiger partial charge in [-0.25, -0.2) is 13.1 Å². The van der Waals surface area contributed by atoms with E-state index in [-0.39, 0.29) is 34.2 Å². The highest BCUT2D eigenvalue weighted by Gasteiger charge is 2.24. The maximum absolute atomic E-state index is 13.3. The molecule has 210 valence electrons. The Hall–Kier alpha value is -4.13. The van der Waals surface area contributed by atoms with Crippen LogP contribution in [0.3, 0.4) is 0 Å². The van der Waals surface area contributed by atoms with Gasteiger partial charge in [-0.05, 0) is 66.3 Å². The summed E-state index contributed by atoms with van der Waals surface area (Å²) in [7, 11) is -4.02. The minimum absolute atomic E-state index is 0.00663. The minimum atomic E-state index is -4.02. The molecule has 1 atom stereocenters. The van der Waals surface area contributed by atoms with Crippen LogP contribution in [0.2, 0.25) is 0 Å². The number of aliphatic imine (C=N–C) groups is 1. The van der Waals surface area contributed by atoms with E-state index in [1.165, 1.54) is 24.3 Å². The van der Waals surface area contributed by atoms with Gasteiger partial charge < -0.3 is 21.5 Å². The van der Waals surface area contributed by atoms with Crippen molar-refractivity contribution in [1.82, 2.24) is 9.62 Å². The second-order valence-electron chi connectivity index (χ2n) is 9.61. The number of piperidine rings is 1. The molecule has 0 radical (unpaired) electrons. The predicted molar refractivity (Wildman–Crippen MR) is 150 cm³/mol. The molecule has 2 amide bonds. The molecule has 3 aromatic rings. The lowest BCUT2D eigenvalue weighted by molar-refractivity contribution is -0.138. The number of nitrogens with two attached hydrogens (primary N) is 2. The van der Waals surface area contributed by atoms with Gasteiger partial charge in [0.05, 0.1) is 17.0 Å². The van der Waals surface area contributed by atoms with Gasteiger partial charge in [0.15, 0.2) is 0 Å². The lowest BCUT2D eigenvalue weighted by atomic mass is 9.97. The van der Waals surface area contributed by atoms with Crippen molar-refractivity contribution in [2.24, 2.45) is 16.5 Å². The fourth-order valence-corrected chi connectivity index (χ4v) is 5.54. The molecule has 6 N–H and O–H groups in total. The molecule has 12 heteroatoms. The first-order valence-electron chi connectivity index (χ1n) is 12.8. The van der Waals surface area contributed by atoms with E-state index in [2.05, 4.69) is 9.71 Å². The average Bonchev–Trinajstić information content (AvgIpc) is 2.95. The largest absolute Gasteiger partial charge is 0.480 e. The summed E-state index contributed by atoms with van der Waals surface area (Å²) < 4.78 is 27.8. The number of carboxylic acid groups (broad SMARTS) is 1. The second kappa shape index (κ2) is 12.4. The lowest BCUT2D eigenvalue weighted by Crippen LogP contribution is -2.37. The van der Waals surface area contributed by atoms with Crippen molar-refractivity contribution in [2.75, 3.05) is 19.6 Å². The number of carbonyl (C=O) groups excluding carboxylic acids is 2. The number of sulfonamides is 1. The fraction of sp³-hybridized carbons (Fsp3) is 0.286. The van der Waals surface area contributed by atoms with E-state index in [0.717, 1.165) is 30.0 Å². The Labute approximate surface area is 231 Å². The molecule has 0 bridgehead atoms. The van der Waals surface area contributed by atoms with Crippen LogP contribution in [0, 0.1) is 0 Å². The quantitative estimate of drug-likeness (QED) is 0.223. The predicted octanol–water partition coefficient (Wildman–Crippen LogP) is 1.63. The third-order valence-electron chi connectivity index (χ3n) is 6.70. The molecule has 40 heavy (non-hydrogen) atoms. The van der Waals surface area contributed by atoms with Gasteiger partial charge in [0, 0.05) is 18.7 Å². The molecule has 1 aliphatic rings. The molecule has 4 rings (SSSR count). The number of likely N-dealkylation sites (tertiary alicyclic amines) is 1. The van der Waals surface area contributed by atoms with Gasteiger partial charge >= 0.3 is 5.97 Å². The van der Waals surface area contributed by atoms with Crippen molar-refractivity contribution in [3.05, 3.63) is 77.4 Å². The Morgan fingerprint density at radius 3 is 2.35 bits per heavy atom. The smallest absolute Gasteiger partial charge is 0.320 e. The van der Waals surface area contributed by atoms with Crippen molar-refractivity contribution in [1.29, 1.82) is 0 Å². The number of benzene rings is 3. The summed E-state index contributed by atoms with van der Waals surface area (Å²) >= 11 is 0. The van der Waals surface area contributed by atoms with Gasteiger partial charge in [0.1, 0.15) is 11.9 Å². The van der Waals surface area contributed by atoms with Crippen LogP contribution in [0.5, 0.6) is 0 Å². The third-order valence-corrected chi connectivity index (χ3v) is 8.10. The van der Waals surface area contributed by atoms with Gasteiger partial charge in [0.25, 0.3) is 11.8 Å². The molecule has 0 aliphatic carbocycles. The number of nitrogens with one attached hydrogen (secondary N) is 1. The van der Waals surface area contributed by atoms with Gasteiger partial charge in [-0.1, -0.05) is 36.4 Å². The SMILES string of the molecule is NC(=NC(=O)CNS(=O)(=O)c1ccc2ccccc2c1)c1cc(C[C@H](N)C(=O)O)ccc1C(=O)N1CCCCC1. The number of nitrogens with zero attached hydrogens (tertiary/aromatic N) is 2. The van der Waals surface area contributed by atoms with E-state index in [4.69, 9.17) is 11.5 Å².